The van der Waals surface area contributed by atoms with Crippen LogP contribution >= 0.6 is 11.8 Å². The Morgan fingerprint density at radius 2 is 1.94 bits per heavy atom. The van der Waals surface area contributed by atoms with E-state index in [1.807, 2.05) is 47.7 Å². The van der Waals surface area contributed by atoms with Gasteiger partial charge in [-0.25, -0.2) is 9.79 Å². The van der Waals surface area contributed by atoms with Crippen LogP contribution in [0, 0.1) is 0 Å². The normalized spacial score (nSPS) is 16.6. The number of nitrogens with zero attached hydrogens (tertiary/aromatic N) is 2. The van der Waals surface area contributed by atoms with E-state index in [0.29, 0.717) is 28.5 Å². The number of esters is 1. The Labute approximate surface area is 202 Å². The maximum Gasteiger partial charge on any atom is 0.338 e. The van der Waals surface area contributed by atoms with Crippen molar-refractivity contribution < 1.29 is 23.8 Å². The summed E-state index contributed by atoms with van der Waals surface area (Å²) in [6.07, 6.45) is 1.89. The van der Waals surface area contributed by atoms with Gasteiger partial charge in [0.05, 0.1) is 31.0 Å². The average molecular weight is 480 g/mol. The van der Waals surface area contributed by atoms with Gasteiger partial charge in [0.15, 0.2) is 23.3 Å². The lowest BCUT2D eigenvalue weighted by atomic mass is 9.94. The Morgan fingerprint density at radius 3 is 2.68 bits per heavy atom. The van der Waals surface area contributed by atoms with Gasteiger partial charge in [0, 0.05) is 11.9 Å². The number of methoxy groups -OCH3 is 1. The fraction of sp³-hybridized carbons (Fsp3) is 0.240. The van der Waals surface area contributed by atoms with Crippen LogP contribution in [-0.2, 0) is 14.3 Å². The van der Waals surface area contributed by atoms with Crippen LogP contribution in [-0.4, -0.2) is 42.3 Å². The third kappa shape index (κ3) is 4.94. The molecule has 2 aliphatic rings. The smallest absolute Gasteiger partial charge is 0.338 e. The van der Waals surface area contributed by atoms with E-state index in [9.17, 15) is 9.59 Å². The van der Waals surface area contributed by atoms with E-state index >= 15 is 0 Å². The first-order chi connectivity index (χ1) is 16.5. The molecule has 176 valence electrons. The van der Waals surface area contributed by atoms with Crippen molar-refractivity contribution in [2.75, 3.05) is 25.6 Å². The summed E-state index contributed by atoms with van der Waals surface area (Å²) in [5.41, 5.74) is 2.58. The Morgan fingerprint density at radius 1 is 1.15 bits per heavy atom. The third-order valence-corrected chi connectivity index (χ3v) is 6.01. The van der Waals surface area contributed by atoms with Gasteiger partial charge in [-0.2, -0.15) is 0 Å². The lowest BCUT2D eigenvalue weighted by Gasteiger charge is -2.33. The summed E-state index contributed by atoms with van der Waals surface area (Å²) in [5, 5.41) is 5.49. The number of para-hydroxylation sites is 1. The molecule has 1 N–H and O–H groups in total. The van der Waals surface area contributed by atoms with Crippen molar-refractivity contribution in [2.45, 2.75) is 19.9 Å². The van der Waals surface area contributed by atoms with Crippen molar-refractivity contribution in [2.24, 2.45) is 4.99 Å². The topological polar surface area (TPSA) is 89.5 Å². The fourth-order valence-electron chi connectivity index (χ4n) is 3.73. The molecule has 0 aromatic heterocycles. The summed E-state index contributed by atoms with van der Waals surface area (Å²) < 4.78 is 16.6. The van der Waals surface area contributed by atoms with Gasteiger partial charge in [-0.15, -0.1) is 0 Å². The number of anilines is 1. The summed E-state index contributed by atoms with van der Waals surface area (Å²) in [4.78, 5) is 31.6. The van der Waals surface area contributed by atoms with Crippen LogP contribution in [0.25, 0.3) is 0 Å². The van der Waals surface area contributed by atoms with E-state index in [0.717, 1.165) is 10.7 Å². The molecule has 4 rings (SSSR count). The number of benzene rings is 2. The quantitative estimate of drug-likeness (QED) is 0.559. The molecule has 1 atom stereocenters. The first-order valence-electron chi connectivity index (χ1n) is 10.8. The van der Waals surface area contributed by atoms with Gasteiger partial charge in [-0.05, 0) is 49.1 Å². The van der Waals surface area contributed by atoms with Gasteiger partial charge in [0.1, 0.15) is 0 Å². The minimum absolute atomic E-state index is 0.177. The Bertz CT molecular complexity index is 1180. The average Bonchev–Trinajstić information content (AvgIpc) is 3.30. The second kappa shape index (κ2) is 10.5. The van der Waals surface area contributed by atoms with Crippen LogP contribution in [0.3, 0.4) is 0 Å². The van der Waals surface area contributed by atoms with Gasteiger partial charge < -0.3 is 24.4 Å². The summed E-state index contributed by atoms with van der Waals surface area (Å²) >= 11 is 1.49. The molecule has 8 nitrogen and oxygen atoms in total. The molecule has 0 bridgehead atoms. The van der Waals surface area contributed by atoms with Crippen LogP contribution in [0.1, 0.15) is 25.5 Å². The van der Waals surface area contributed by atoms with Gasteiger partial charge >= 0.3 is 5.97 Å². The summed E-state index contributed by atoms with van der Waals surface area (Å²) in [7, 11) is 1.53. The minimum atomic E-state index is -0.429. The maximum absolute atomic E-state index is 12.8. The number of aliphatic imine (C=N–C) groups is 1. The number of carbonyl (C=O) groups excluding carboxylic acids is 2. The lowest BCUT2D eigenvalue weighted by molar-refractivity contribution is -0.139. The molecule has 2 aromatic rings. The largest absolute Gasteiger partial charge is 0.493 e. The highest BCUT2D eigenvalue weighted by molar-refractivity contribution is 8.16. The van der Waals surface area contributed by atoms with E-state index in [2.05, 4.69) is 10.3 Å². The molecular formula is C25H25N3O5S. The van der Waals surface area contributed by atoms with E-state index in [1.165, 1.54) is 18.9 Å². The molecule has 0 unspecified atom stereocenters. The van der Waals surface area contributed by atoms with E-state index in [4.69, 9.17) is 14.2 Å². The number of ether oxygens (including phenoxy) is 3. The Balaban J connectivity index is 1.57. The zero-order valence-corrected chi connectivity index (χ0v) is 19.9. The maximum atomic E-state index is 12.8. The summed E-state index contributed by atoms with van der Waals surface area (Å²) in [5.74, 6) is 0.178. The first-order valence-corrected chi connectivity index (χ1v) is 11.6. The molecule has 0 spiro atoms. The van der Waals surface area contributed by atoms with Crippen molar-refractivity contribution in [3.8, 4) is 11.5 Å². The molecule has 34 heavy (non-hydrogen) atoms. The Kier molecular flexibility index (Phi) is 7.22. The van der Waals surface area contributed by atoms with Crippen molar-refractivity contribution in [1.82, 2.24) is 4.90 Å². The zero-order valence-electron chi connectivity index (χ0n) is 19.1. The Hall–Kier alpha value is -3.72. The molecule has 0 saturated carbocycles. The number of allylic oxidation sites excluding steroid dienone is 1. The SMILES string of the molecule is CCOC(=O)C1=C(C)N=C2SC=CN2[C@@H]1c1ccc(OCC(=O)Nc2ccccc2)c(OC)c1. The first kappa shape index (κ1) is 23.4. The van der Waals surface area contributed by atoms with Crippen LogP contribution in [0.5, 0.6) is 11.5 Å². The van der Waals surface area contributed by atoms with Gasteiger partial charge in [-0.1, -0.05) is 36.0 Å². The fourth-order valence-corrected chi connectivity index (χ4v) is 4.52. The van der Waals surface area contributed by atoms with Gasteiger partial charge in [-0.3, -0.25) is 4.79 Å². The number of hydrogen-bond acceptors (Lipinski definition) is 8. The zero-order chi connectivity index (χ0) is 24.1. The van der Waals surface area contributed by atoms with E-state index < -0.39 is 12.0 Å². The van der Waals surface area contributed by atoms with E-state index in [1.54, 1.807) is 31.2 Å². The molecule has 9 heteroatoms. The second-order valence-corrected chi connectivity index (χ2v) is 8.31. The molecule has 2 heterocycles. The molecule has 2 aromatic carbocycles. The van der Waals surface area contributed by atoms with Crippen molar-refractivity contribution >= 4 is 34.5 Å². The molecule has 0 aliphatic carbocycles. The highest BCUT2D eigenvalue weighted by atomic mass is 32.2. The summed E-state index contributed by atoms with van der Waals surface area (Å²) in [6.45, 7) is 3.67. The highest BCUT2D eigenvalue weighted by Crippen LogP contribution is 2.43. The number of thioether (sulfide) groups is 1. The van der Waals surface area contributed by atoms with Crippen molar-refractivity contribution in [3.05, 3.63) is 77.0 Å². The predicted molar refractivity (Wildman–Crippen MR) is 132 cm³/mol. The number of rotatable bonds is 8. The number of amidine groups is 1. The number of nitrogens with one attached hydrogen (secondary N) is 1. The van der Waals surface area contributed by atoms with Crippen LogP contribution in [0.2, 0.25) is 0 Å². The van der Waals surface area contributed by atoms with Crippen LogP contribution in [0.15, 0.2) is 76.4 Å². The number of amides is 1. The van der Waals surface area contributed by atoms with Gasteiger partial charge in [0.2, 0.25) is 0 Å². The molecule has 0 radical (unpaired) electrons. The van der Waals surface area contributed by atoms with Crippen LogP contribution < -0.4 is 14.8 Å². The number of fused-ring (bicyclic) bond motifs is 1. The standard InChI is InChI=1S/C25H25N3O5S/c1-4-32-24(30)22-16(2)26-25-28(12-13-34-25)23(22)17-10-11-19(20(14-17)31-3)33-15-21(29)27-18-8-6-5-7-9-18/h5-14,23H,4,15H2,1-3H3,(H,27,29)/t23-/m1/s1. The third-order valence-electron chi connectivity index (χ3n) is 5.24. The molecule has 2 aliphatic heterocycles. The molecule has 0 saturated heterocycles. The number of carbonyl (C=O) groups is 2. The summed E-state index contributed by atoms with van der Waals surface area (Å²) in [6, 6.07) is 14.1. The molecule has 0 fully saturated rings. The highest BCUT2D eigenvalue weighted by Gasteiger charge is 2.37. The lowest BCUT2D eigenvalue weighted by Crippen LogP contribution is -2.34. The number of hydrogen-bond donors (Lipinski definition) is 1. The monoisotopic (exact) mass is 479 g/mol. The van der Waals surface area contributed by atoms with Crippen molar-refractivity contribution in [1.29, 1.82) is 0 Å². The second-order valence-electron chi connectivity index (χ2n) is 7.44. The predicted octanol–water partition coefficient (Wildman–Crippen LogP) is 4.48. The van der Waals surface area contributed by atoms with Crippen molar-refractivity contribution in [3.63, 3.8) is 0 Å². The molecular weight excluding hydrogens is 454 g/mol. The minimum Gasteiger partial charge on any atom is -0.493 e. The van der Waals surface area contributed by atoms with Gasteiger partial charge in [0.25, 0.3) is 5.91 Å². The van der Waals surface area contributed by atoms with E-state index in [-0.39, 0.29) is 19.1 Å². The van der Waals surface area contributed by atoms with Crippen LogP contribution in [0.4, 0.5) is 5.69 Å². The molecule has 1 amide bonds.